The van der Waals surface area contributed by atoms with E-state index < -0.39 is 53.7 Å². The predicted molar refractivity (Wildman–Crippen MR) is 310 cm³/mol. The van der Waals surface area contributed by atoms with Crippen molar-refractivity contribution in [3.8, 4) is 0 Å². The Morgan fingerprint density at radius 1 is 0.356 bits per heavy atom. The normalized spacial score (nSPS) is 11.8. The highest BCUT2D eigenvalue weighted by Crippen LogP contribution is 2.23. The van der Waals surface area contributed by atoms with Crippen LogP contribution < -0.4 is 17.2 Å². The zero-order valence-electron chi connectivity index (χ0n) is 35.3. The molecule has 15 nitrogen and oxygen atoms in total. The Morgan fingerprint density at radius 2 is 0.534 bits per heavy atom. The van der Waals surface area contributed by atoms with Crippen LogP contribution in [0.2, 0.25) is 0 Å². The molecule has 4 aromatic rings. The van der Waals surface area contributed by atoms with Gasteiger partial charge in [-0.05, 0) is 120 Å². The summed E-state index contributed by atoms with van der Waals surface area (Å²) in [5.41, 5.74) is 20.2. The van der Waals surface area contributed by atoms with Crippen molar-refractivity contribution in [3.63, 3.8) is 0 Å². The van der Waals surface area contributed by atoms with E-state index in [1.54, 1.807) is 113 Å². The first kappa shape index (κ1) is 86.8. The monoisotopic (exact) mass is 1040 g/mol. The summed E-state index contributed by atoms with van der Waals surface area (Å²) >= 11 is 0. The van der Waals surface area contributed by atoms with Crippen LogP contribution in [0.5, 0.6) is 0 Å². The third-order valence-corrected chi connectivity index (χ3v) is 9.00. The molecule has 0 saturated heterocycles. The first-order valence-corrected chi connectivity index (χ1v) is 19.9. The van der Waals surface area contributed by atoms with E-state index in [0.717, 1.165) is 5.56 Å². The quantitative estimate of drug-likeness (QED) is 0.0337. The second-order valence-corrected chi connectivity index (χ2v) is 15.2. The zero-order chi connectivity index (χ0) is 44.4. The first-order valence-electron chi connectivity index (χ1n) is 19.9. The van der Waals surface area contributed by atoms with E-state index in [9.17, 15) is 19.2 Å². The van der Waals surface area contributed by atoms with E-state index in [1.165, 1.54) is 0 Å². The number of anilines is 3. The molecule has 4 rings (SSSR count). The SMILES string of the molecule is C.C.C.C.C.C.C.C.C.C.C.C.Cc1ccc(C(=O)OC(C)COCC(COCC(C)OC(=O)c2ccc(N)cc2)(COCC(C)OC(=O)c2ccc(N)cc2)COCC(C)OC(=O)c2ccc(N)cc2)cc1. The number of carbonyl (C=O) groups is 4. The Morgan fingerprint density at radius 3 is 0.726 bits per heavy atom. The molecular formula is C58H105N3O12. The van der Waals surface area contributed by atoms with Crippen LogP contribution in [0.4, 0.5) is 17.1 Å². The van der Waals surface area contributed by atoms with Crippen LogP contribution in [0.3, 0.4) is 0 Å². The molecule has 0 aliphatic carbocycles. The summed E-state index contributed by atoms with van der Waals surface area (Å²) in [5.74, 6) is -2.13. The number of hydrogen-bond donors (Lipinski definition) is 3. The maximum Gasteiger partial charge on any atom is 0.338 e. The maximum atomic E-state index is 12.8. The van der Waals surface area contributed by atoms with Gasteiger partial charge in [-0.3, -0.25) is 0 Å². The van der Waals surface area contributed by atoms with Crippen LogP contribution in [-0.4, -0.2) is 101 Å². The van der Waals surface area contributed by atoms with E-state index in [-0.39, 0.29) is 142 Å². The molecule has 424 valence electrons. The van der Waals surface area contributed by atoms with Gasteiger partial charge in [0.2, 0.25) is 0 Å². The molecule has 0 aliphatic heterocycles. The standard InChI is InChI=1S/C46H57N3O12.12CH4/c1-30-6-8-35(9-7-30)42(50)58-31(2)22-54-26-46(27-55-23-32(3)59-43(51)36-10-16-39(47)17-11-36,28-56-24-33(4)60-44(52)37-12-18-40(48)19-13-37)29-57-25-34(5)61-45(53)38-14-20-41(49)21-15-38;;;;;;;;;;;;/h6-21,31-34H,22-29,47-49H2,1-5H3;12*1H4. The topological polar surface area (TPSA) is 220 Å². The molecule has 0 bridgehead atoms. The Hall–Kier alpha value is -6.00. The molecule has 0 amide bonds. The summed E-state index contributed by atoms with van der Waals surface area (Å²) in [4.78, 5) is 51.2. The largest absolute Gasteiger partial charge is 0.457 e. The molecule has 0 aromatic heterocycles. The predicted octanol–water partition coefficient (Wildman–Crippen LogP) is 13.7. The minimum Gasteiger partial charge on any atom is -0.457 e. The molecular weight excluding hydrogens is 931 g/mol. The van der Waals surface area contributed by atoms with Gasteiger partial charge in [0.05, 0.1) is 80.5 Å². The summed E-state index contributed by atoms with van der Waals surface area (Å²) < 4.78 is 47.2. The van der Waals surface area contributed by atoms with Gasteiger partial charge >= 0.3 is 23.9 Å². The van der Waals surface area contributed by atoms with Crippen molar-refractivity contribution in [2.45, 2.75) is 148 Å². The first-order chi connectivity index (χ1) is 29.1. The number of aryl methyl sites for hydroxylation is 1. The Kier molecular flexibility index (Phi) is 51.8. The molecule has 15 heteroatoms. The fourth-order valence-corrected chi connectivity index (χ4v) is 5.70. The number of nitrogens with two attached hydrogens (primary N) is 3. The van der Waals surface area contributed by atoms with Crippen LogP contribution in [-0.2, 0) is 37.9 Å². The number of rotatable bonds is 24. The number of nitrogen functional groups attached to an aromatic ring is 3. The molecule has 6 N–H and O–H groups in total. The molecule has 0 heterocycles. The van der Waals surface area contributed by atoms with Crippen molar-refractivity contribution < 1.29 is 57.1 Å². The van der Waals surface area contributed by atoms with Crippen LogP contribution in [0.15, 0.2) is 97.1 Å². The van der Waals surface area contributed by atoms with Crippen molar-refractivity contribution in [2.24, 2.45) is 5.41 Å². The molecule has 4 aromatic carbocycles. The minimum atomic E-state index is -1.04. The van der Waals surface area contributed by atoms with Gasteiger partial charge in [-0.15, -0.1) is 0 Å². The molecule has 0 spiro atoms. The van der Waals surface area contributed by atoms with Crippen molar-refractivity contribution >= 4 is 40.9 Å². The number of esters is 4. The minimum absolute atomic E-state index is 0. The lowest BCUT2D eigenvalue weighted by Crippen LogP contribution is -2.44. The lowest BCUT2D eigenvalue weighted by Gasteiger charge is -2.34. The molecule has 0 saturated carbocycles. The molecule has 0 fully saturated rings. The van der Waals surface area contributed by atoms with Crippen molar-refractivity contribution in [3.05, 3.63) is 125 Å². The van der Waals surface area contributed by atoms with E-state index in [1.807, 2.05) is 19.1 Å². The van der Waals surface area contributed by atoms with Gasteiger partial charge in [0.1, 0.15) is 24.4 Å². The second-order valence-electron chi connectivity index (χ2n) is 15.2. The Labute approximate surface area is 445 Å². The summed E-state index contributed by atoms with van der Waals surface area (Å²) in [5, 5.41) is 0. The van der Waals surface area contributed by atoms with Crippen LogP contribution >= 0.6 is 0 Å². The number of carbonyl (C=O) groups excluding carboxylic acids is 4. The second kappa shape index (κ2) is 43.6. The fraction of sp³-hybridized carbons (Fsp3) is 0.517. The lowest BCUT2D eigenvalue weighted by molar-refractivity contribution is -0.130. The van der Waals surface area contributed by atoms with Gasteiger partial charge < -0.3 is 55.1 Å². The van der Waals surface area contributed by atoms with E-state index >= 15 is 0 Å². The summed E-state index contributed by atoms with van der Waals surface area (Å²) in [6.45, 7) is 8.65. The highest BCUT2D eigenvalue weighted by molar-refractivity contribution is 5.91. The van der Waals surface area contributed by atoms with E-state index in [0.29, 0.717) is 39.3 Å². The summed E-state index contributed by atoms with van der Waals surface area (Å²) in [7, 11) is 0. The fourth-order valence-electron chi connectivity index (χ4n) is 5.70. The molecule has 4 unspecified atom stereocenters. The van der Waals surface area contributed by atoms with Gasteiger partial charge in [-0.25, -0.2) is 19.2 Å². The average molecular weight is 1040 g/mol. The maximum absolute atomic E-state index is 12.8. The van der Waals surface area contributed by atoms with E-state index in [2.05, 4.69) is 0 Å². The summed E-state index contributed by atoms with van der Waals surface area (Å²) in [6.07, 6.45) is -2.62. The highest BCUT2D eigenvalue weighted by Gasteiger charge is 2.34. The van der Waals surface area contributed by atoms with Crippen molar-refractivity contribution in [1.29, 1.82) is 0 Å². The van der Waals surface area contributed by atoms with Crippen molar-refractivity contribution in [2.75, 3.05) is 70.1 Å². The van der Waals surface area contributed by atoms with Crippen LogP contribution in [0, 0.1) is 12.3 Å². The Balaban J connectivity index is -0.000000488. The lowest BCUT2D eigenvalue weighted by atomic mass is 9.92. The molecule has 4 atom stereocenters. The van der Waals surface area contributed by atoms with Crippen molar-refractivity contribution in [1.82, 2.24) is 0 Å². The number of hydrogen-bond acceptors (Lipinski definition) is 15. The van der Waals surface area contributed by atoms with Gasteiger partial charge in [0.25, 0.3) is 0 Å². The zero-order valence-corrected chi connectivity index (χ0v) is 35.3. The van der Waals surface area contributed by atoms with Gasteiger partial charge in [0.15, 0.2) is 0 Å². The Bertz CT molecular complexity index is 1700. The highest BCUT2D eigenvalue weighted by atomic mass is 16.6. The van der Waals surface area contributed by atoms with Gasteiger partial charge in [-0.1, -0.05) is 107 Å². The average Bonchev–Trinajstić information content (AvgIpc) is 3.21. The molecule has 73 heavy (non-hydrogen) atoms. The van der Waals surface area contributed by atoms with Crippen LogP contribution in [0.1, 0.15) is 164 Å². The number of ether oxygens (including phenoxy) is 8. The third-order valence-electron chi connectivity index (χ3n) is 9.00. The number of benzene rings is 4. The van der Waals surface area contributed by atoms with Crippen LogP contribution in [0.25, 0.3) is 0 Å². The summed E-state index contributed by atoms with van der Waals surface area (Å²) in [6, 6.07) is 26.1. The smallest absolute Gasteiger partial charge is 0.338 e. The third kappa shape index (κ3) is 30.6. The molecule has 0 radical (unpaired) electrons. The molecule has 0 aliphatic rings. The van der Waals surface area contributed by atoms with E-state index in [4.69, 9.17) is 55.1 Å². The van der Waals surface area contributed by atoms with Gasteiger partial charge in [-0.2, -0.15) is 0 Å². The van der Waals surface area contributed by atoms with Gasteiger partial charge in [0, 0.05) is 17.1 Å².